The van der Waals surface area contributed by atoms with Gasteiger partial charge in [-0.2, -0.15) is 0 Å². The Hall–Kier alpha value is -2.38. The molecular formula is C13H19N3O5. The number of rotatable bonds is 6. The minimum absolute atomic E-state index is 0.233. The van der Waals surface area contributed by atoms with E-state index in [1.807, 2.05) is 6.92 Å². The molecule has 0 bridgehead atoms. The SMILES string of the molecule is CC[C@H](C)[C@H](NC(=O)Cn1ccc(=O)n(C)c1=O)C(=O)O. The van der Waals surface area contributed by atoms with Gasteiger partial charge >= 0.3 is 11.7 Å². The van der Waals surface area contributed by atoms with E-state index >= 15 is 0 Å². The van der Waals surface area contributed by atoms with Gasteiger partial charge in [-0.25, -0.2) is 9.59 Å². The second-order valence-corrected chi connectivity index (χ2v) is 4.89. The maximum Gasteiger partial charge on any atom is 0.331 e. The Balaban J connectivity index is 2.87. The smallest absolute Gasteiger partial charge is 0.331 e. The molecule has 0 aliphatic carbocycles. The number of hydrogen-bond acceptors (Lipinski definition) is 4. The summed E-state index contributed by atoms with van der Waals surface area (Å²) in [5, 5.41) is 11.5. The van der Waals surface area contributed by atoms with E-state index in [9.17, 15) is 19.2 Å². The number of carboxylic acids is 1. The van der Waals surface area contributed by atoms with E-state index in [-0.39, 0.29) is 12.5 Å². The van der Waals surface area contributed by atoms with Crippen LogP contribution < -0.4 is 16.6 Å². The van der Waals surface area contributed by atoms with Gasteiger partial charge in [-0.05, 0) is 5.92 Å². The summed E-state index contributed by atoms with van der Waals surface area (Å²) in [6.45, 7) is 3.20. The standard InChI is InChI=1S/C13H19N3O5/c1-4-8(2)11(12(19)20)14-9(17)7-16-6-5-10(18)15(3)13(16)21/h5-6,8,11H,4,7H2,1-3H3,(H,14,17)(H,19,20)/t8-,11-/m0/s1. The van der Waals surface area contributed by atoms with Crippen molar-refractivity contribution in [1.29, 1.82) is 0 Å². The molecule has 1 aromatic heterocycles. The van der Waals surface area contributed by atoms with Crippen molar-refractivity contribution < 1.29 is 14.7 Å². The molecule has 0 aliphatic heterocycles. The van der Waals surface area contributed by atoms with Crippen LogP contribution in [-0.2, 0) is 23.2 Å². The third-order valence-corrected chi connectivity index (χ3v) is 3.37. The number of nitrogens with zero attached hydrogens (tertiary/aromatic N) is 2. The normalized spacial score (nSPS) is 13.5. The van der Waals surface area contributed by atoms with Crippen LogP contribution in [0, 0.1) is 5.92 Å². The fourth-order valence-electron chi connectivity index (χ4n) is 1.79. The molecule has 1 rings (SSSR count). The molecule has 0 saturated heterocycles. The molecule has 1 amide bonds. The van der Waals surface area contributed by atoms with Gasteiger partial charge in [0.2, 0.25) is 5.91 Å². The van der Waals surface area contributed by atoms with Crippen LogP contribution in [0.4, 0.5) is 0 Å². The summed E-state index contributed by atoms with van der Waals surface area (Å²) in [6.07, 6.45) is 1.81. The lowest BCUT2D eigenvalue weighted by Crippen LogP contribution is -2.47. The molecule has 0 fully saturated rings. The van der Waals surface area contributed by atoms with Gasteiger partial charge in [0.05, 0.1) is 0 Å². The van der Waals surface area contributed by atoms with E-state index in [2.05, 4.69) is 5.32 Å². The second-order valence-electron chi connectivity index (χ2n) is 4.89. The third-order valence-electron chi connectivity index (χ3n) is 3.37. The van der Waals surface area contributed by atoms with E-state index in [1.165, 1.54) is 13.2 Å². The van der Waals surface area contributed by atoms with Crippen LogP contribution in [0.15, 0.2) is 21.9 Å². The molecule has 1 aromatic rings. The molecule has 2 N–H and O–H groups in total. The fraction of sp³-hybridized carbons (Fsp3) is 0.538. The first kappa shape index (κ1) is 16.7. The lowest BCUT2D eigenvalue weighted by Gasteiger charge is -2.20. The van der Waals surface area contributed by atoms with Crippen LogP contribution in [0.5, 0.6) is 0 Å². The summed E-state index contributed by atoms with van der Waals surface area (Å²) in [5.41, 5.74) is -1.10. The Morgan fingerprint density at radius 1 is 1.38 bits per heavy atom. The summed E-state index contributed by atoms with van der Waals surface area (Å²) in [7, 11) is 1.30. The van der Waals surface area contributed by atoms with Gasteiger partial charge in [0.1, 0.15) is 12.6 Å². The van der Waals surface area contributed by atoms with Crippen LogP contribution in [0.2, 0.25) is 0 Å². The number of carbonyl (C=O) groups excluding carboxylic acids is 1. The summed E-state index contributed by atoms with van der Waals surface area (Å²) in [4.78, 5) is 46.0. The van der Waals surface area contributed by atoms with Crippen LogP contribution in [-0.4, -0.2) is 32.2 Å². The Labute approximate surface area is 121 Å². The molecule has 21 heavy (non-hydrogen) atoms. The summed E-state index contributed by atoms with van der Waals surface area (Å²) < 4.78 is 1.92. The number of nitrogens with one attached hydrogen (secondary N) is 1. The maximum absolute atomic E-state index is 11.9. The molecule has 8 nitrogen and oxygen atoms in total. The predicted octanol–water partition coefficient (Wildman–Crippen LogP) is -0.837. The zero-order valence-corrected chi connectivity index (χ0v) is 12.2. The highest BCUT2D eigenvalue weighted by Crippen LogP contribution is 2.07. The van der Waals surface area contributed by atoms with Crippen LogP contribution in [0.3, 0.4) is 0 Å². The average molecular weight is 297 g/mol. The Morgan fingerprint density at radius 2 is 2.00 bits per heavy atom. The first-order valence-corrected chi connectivity index (χ1v) is 6.56. The summed E-state index contributed by atoms with van der Waals surface area (Å²) in [5.74, 6) is -1.95. The largest absolute Gasteiger partial charge is 0.480 e. The van der Waals surface area contributed by atoms with E-state index in [4.69, 9.17) is 5.11 Å². The minimum atomic E-state index is -1.12. The fourth-order valence-corrected chi connectivity index (χ4v) is 1.79. The van der Waals surface area contributed by atoms with Gasteiger partial charge in [-0.1, -0.05) is 20.3 Å². The van der Waals surface area contributed by atoms with Crippen molar-refractivity contribution in [3.8, 4) is 0 Å². The highest BCUT2D eigenvalue weighted by atomic mass is 16.4. The van der Waals surface area contributed by atoms with Crippen molar-refractivity contribution in [3.05, 3.63) is 33.1 Å². The summed E-state index contributed by atoms with van der Waals surface area (Å²) >= 11 is 0. The minimum Gasteiger partial charge on any atom is -0.480 e. The van der Waals surface area contributed by atoms with Gasteiger partial charge in [0.15, 0.2) is 0 Å². The zero-order chi connectivity index (χ0) is 16.2. The number of amides is 1. The number of carboxylic acid groups (broad SMARTS) is 1. The molecule has 1 heterocycles. The summed E-state index contributed by atoms with van der Waals surface area (Å²) in [6, 6.07) is 0.156. The van der Waals surface area contributed by atoms with Gasteiger partial charge < -0.3 is 10.4 Å². The first-order chi connectivity index (χ1) is 9.77. The number of aromatic nitrogens is 2. The van der Waals surface area contributed by atoms with Gasteiger partial charge in [0, 0.05) is 19.3 Å². The average Bonchev–Trinajstić information content (AvgIpc) is 2.44. The first-order valence-electron chi connectivity index (χ1n) is 6.56. The van der Waals surface area contributed by atoms with E-state index in [0.29, 0.717) is 6.42 Å². The van der Waals surface area contributed by atoms with Crippen molar-refractivity contribution in [2.24, 2.45) is 13.0 Å². The Bertz CT molecular complexity index is 646. The molecule has 0 spiro atoms. The molecule has 0 unspecified atom stereocenters. The lowest BCUT2D eigenvalue weighted by molar-refractivity contribution is -0.143. The van der Waals surface area contributed by atoms with Crippen LogP contribution in [0.25, 0.3) is 0 Å². The Kier molecular flexibility index (Phi) is 5.45. The van der Waals surface area contributed by atoms with E-state index in [1.54, 1.807) is 6.92 Å². The van der Waals surface area contributed by atoms with Crippen molar-refractivity contribution in [2.45, 2.75) is 32.9 Å². The van der Waals surface area contributed by atoms with Crippen molar-refractivity contribution in [2.75, 3.05) is 0 Å². The molecule has 2 atom stereocenters. The second kappa shape index (κ2) is 6.87. The van der Waals surface area contributed by atoms with Crippen molar-refractivity contribution in [1.82, 2.24) is 14.5 Å². The van der Waals surface area contributed by atoms with Gasteiger partial charge in [-0.3, -0.25) is 18.7 Å². The molecule has 0 aliphatic rings. The van der Waals surface area contributed by atoms with Crippen LogP contribution >= 0.6 is 0 Å². The van der Waals surface area contributed by atoms with E-state index < -0.39 is 29.2 Å². The van der Waals surface area contributed by atoms with Crippen molar-refractivity contribution >= 4 is 11.9 Å². The highest BCUT2D eigenvalue weighted by Gasteiger charge is 2.25. The van der Waals surface area contributed by atoms with E-state index in [0.717, 1.165) is 15.2 Å². The highest BCUT2D eigenvalue weighted by molar-refractivity contribution is 5.83. The lowest BCUT2D eigenvalue weighted by atomic mass is 9.99. The van der Waals surface area contributed by atoms with Gasteiger partial charge in [-0.15, -0.1) is 0 Å². The molecule has 0 radical (unpaired) electrons. The van der Waals surface area contributed by atoms with Crippen LogP contribution in [0.1, 0.15) is 20.3 Å². The number of aliphatic carboxylic acids is 1. The van der Waals surface area contributed by atoms with Crippen molar-refractivity contribution in [3.63, 3.8) is 0 Å². The monoisotopic (exact) mass is 297 g/mol. The predicted molar refractivity (Wildman–Crippen MR) is 75.0 cm³/mol. The maximum atomic E-state index is 11.9. The Morgan fingerprint density at radius 3 is 2.52 bits per heavy atom. The topological polar surface area (TPSA) is 110 Å². The molecular weight excluding hydrogens is 278 g/mol. The quantitative estimate of drug-likeness (QED) is 0.711. The molecule has 0 saturated carbocycles. The molecule has 116 valence electrons. The molecule has 0 aromatic carbocycles. The third kappa shape index (κ3) is 4.04. The molecule has 8 heteroatoms. The van der Waals surface area contributed by atoms with Gasteiger partial charge in [0.25, 0.3) is 5.56 Å². The number of carbonyl (C=O) groups is 2. The number of hydrogen-bond donors (Lipinski definition) is 2. The zero-order valence-electron chi connectivity index (χ0n) is 12.2.